The molecule has 1 rings (SSSR count). The molecule has 1 aromatic rings. The van der Waals surface area contributed by atoms with Crippen LogP contribution in [-0.2, 0) is 14.3 Å². The molecule has 0 aromatic heterocycles. The lowest BCUT2D eigenvalue weighted by atomic mass is 10.0. The summed E-state index contributed by atoms with van der Waals surface area (Å²) in [6, 6.07) is 2.94. The minimum atomic E-state index is -1.50. The maximum absolute atomic E-state index is 11.7. The molecular formula is C14H12O8. The minimum Gasteiger partial charge on any atom is -0.478 e. The number of hydrogen-bond acceptors (Lipinski definition) is 6. The quantitative estimate of drug-likeness (QED) is 0.457. The number of aromatic carboxylic acids is 2. The number of hydrogen-bond donors (Lipinski definition) is 2. The lowest BCUT2D eigenvalue weighted by Crippen LogP contribution is -2.15. The first-order valence-electron chi connectivity index (χ1n) is 5.84. The minimum absolute atomic E-state index is 0.120. The second-order valence-corrected chi connectivity index (χ2v) is 4.13. The monoisotopic (exact) mass is 308 g/mol. The molecule has 1 aromatic carbocycles. The van der Waals surface area contributed by atoms with Crippen molar-refractivity contribution in [3.05, 3.63) is 47.0 Å². The molecule has 0 bridgehead atoms. The molecule has 0 aliphatic rings. The highest BCUT2D eigenvalue weighted by molar-refractivity contribution is 6.03. The van der Waals surface area contributed by atoms with E-state index in [1.807, 2.05) is 0 Å². The second-order valence-electron chi connectivity index (χ2n) is 4.13. The average molecular weight is 308 g/mol. The third-order valence-corrected chi connectivity index (χ3v) is 2.44. The average Bonchev–Trinajstić information content (AvgIpc) is 2.45. The van der Waals surface area contributed by atoms with Gasteiger partial charge >= 0.3 is 23.9 Å². The van der Waals surface area contributed by atoms with Crippen LogP contribution in [0, 0.1) is 0 Å². The van der Waals surface area contributed by atoms with E-state index in [1.54, 1.807) is 0 Å². The Labute approximate surface area is 124 Å². The summed E-state index contributed by atoms with van der Waals surface area (Å²) in [5, 5.41) is 17.8. The van der Waals surface area contributed by atoms with Crippen molar-refractivity contribution >= 4 is 23.9 Å². The van der Waals surface area contributed by atoms with Crippen molar-refractivity contribution in [3.8, 4) is 0 Å². The van der Waals surface area contributed by atoms with Crippen molar-refractivity contribution in [1.82, 2.24) is 0 Å². The molecule has 0 spiro atoms. The van der Waals surface area contributed by atoms with Gasteiger partial charge in [0.2, 0.25) is 6.79 Å². The van der Waals surface area contributed by atoms with Crippen LogP contribution in [0.3, 0.4) is 0 Å². The van der Waals surface area contributed by atoms with Gasteiger partial charge in [0, 0.05) is 5.57 Å². The maximum atomic E-state index is 11.7. The van der Waals surface area contributed by atoms with E-state index in [0.717, 1.165) is 18.2 Å². The van der Waals surface area contributed by atoms with Gasteiger partial charge in [-0.15, -0.1) is 0 Å². The van der Waals surface area contributed by atoms with Gasteiger partial charge in [-0.1, -0.05) is 6.58 Å². The zero-order chi connectivity index (χ0) is 16.9. The maximum Gasteiger partial charge on any atom is 0.341 e. The molecule has 0 atom stereocenters. The van der Waals surface area contributed by atoms with E-state index < -0.39 is 41.8 Å². The Morgan fingerprint density at radius 1 is 1.05 bits per heavy atom. The third-order valence-electron chi connectivity index (χ3n) is 2.44. The first-order chi connectivity index (χ1) is 10.2. The number of ether oxygens (including phenoxy) is 2. The van der Waals surface area contributed by atoms with Gasteiger partial charge in [-0.25, -0.2) is 19.2 Å². The number of carbonyl (C=O) groups excluding carboxylic acids is 2. The van der Waals surface area contributed by atoms with E-state index in [0.29, 0.717) is 0 Å². The van der Waals surface area contributed by atoms with Crippen molar-refractivity contribution in [1.29, 1.82) is 0 Å². The van der Waals surface area contributed by atoms with Crippen LogP contribution in [0.4, 0.5) is 0 Å². The lowest BCUT2D eigenvalue weighted by Gasteiger charge is -2.07. The largest absolute Gasteiger partial charge is 0.478 e. The number of benzene rings is 1. The topological polar surface area (TPSA) is 127 Å². The van der Waals surface area contributed by atoms with Crippen LogP contribution >= 0.6 is 0 Å². The Hall–Kier alpha value is -3.16. The van der Waals surface area contributed by atoms with Crippen molar-refractivity contribution < 1.29 is 38.9 Å². The SMILES string of the molecule is C=C(C)C(=O)OCOC(=O)c1ccc(C(=O)O)c(C(=O)O)c1. The molecule has 2 N–H and O–H groups in total. The van der Waals surface area contributed by atoms with Crippen LogP contribution in [0.5, 0.6) is 0 Å². The van der Waals surface area contributed by atoms with Crippen molar-refractivity contribution in [2.45, 2.75) is 6.92 Å². The molecule has 0 radical (unpaired) electrons. The molecule has 0 heterocycles. The van der Waals surface area contributed by atoms with Crippen molar-refractivity contribution in [2.24, 2.45) is 0 Å². The molecule has 22 heavy (non-hydrogen) atoms. The Kier molecular flexibility index (Phi) is 5.39. The molecule has 0 aliphatic carbocycles. The van der Waals surface area contributed by atoms with Gasteiger partial charge in [0.15, 0.2) is 0 Å². The van der Waals surface area contributed by atoms with Crippen molar-refractivity contribution in [2.75, 3.05) is 6.79 Å². The number of carbonyl (C=O) groups is 4. The molecule has 8 heteroatoms. The molecule has 8 nitrogen and oxygen atoms in total. The van der Waals surface area contributed by atoms with Crippen LogP contribution in [-0.4, -0.2) is 40.9 Å². The molecule has 0 amide bonds. The van der Waals surface area contributed by atoms with Gasteiger partial charge < -0.3 is 19.7 Å². The Bertz CT molecular complexity index is 659. The zero-order valence-corrected chi connectivity index (χ0v) is 11.5. The predicted molar refractivity (Wildman–Crippen MR) is 71.5 cm³/mol. The molecule has 0 saturated carbocycles. The van der Waals surface area contributed by atoms with E-state index in [4.69, 9.17) is 10.2 Å². The summed E-state index contributed by atoms with van der Waals surface area (Å²) in [7, 11) is 0. The molecular weight excluding hydrogens is 296 g/mol. The Morgan fingerprint density at radius 2 is 1.64 bits per heavy atom. The van der Waals surface area contributed by atoms with E-state index >= 15 is 0 Å². The predicted octanol–water partition coefficient (Wildman–Crippen LogP) is 1.32. The smallest absolute Gasteiger partial charge is 0.341 e. The number of carboxylic acid groups (broad SMARTS) is 2. The van der Waals surface area contributed by atoms with Crippen LogP contribution in [0.15, 0.2) is 30.4 Å². The van der Waals surface area contributed by atoms with Crippen LogP contribution in [0.1, 0.15) is 38.0 Å². The summed E-state index contributed by atoms with van der Waals surface area (Å²) in [6.07, 6.45) is 0. The zero-order valence-electron chi connectivity index (χ0n) is 11.5. The van der Waals surface area contributed by atoms with Gasteiger partial charge in [-0.3, -0.25) is 0 Å². The van der Waals surface area contributed by atoms with Crippen LogP contribution < -0.4 is 0 Å². The van der Waals surface area contributed by atoms with Gasteiger partial charge in [0.1, 0.15) is 0 Å². The van der Waals surface area contributed by atoms with E-state index in [1.165, 1.54) is 6.92 Å². The summed E-state index contributed by atoms with van der Waals surface area (Å²) in [5.74, 6) is -4.65. The van der Waals surface area contributed by atoms with E-state index in [-0.39, 0.29) is 11.1 Å². The highest BCUT2D eigenvalue weighted by atomic mass is 16.7. The molecule has 0 fully saturated rings. The lowest BCUT2D eigenvalue weighted by molar-refractivity contribution is -0.147. The number of rotatable bonds is 6. The summed E-state index contributed by atoms with van der Waals surface area (Å²) < 4.78 is 9.16. The van der Waals surface area contributed by atoms with Gasteiger partial charge in [-0.2, -0.15) is 0 Å². The second kappa shape index (κ2) is 7.02. The number of esters is 2. The summed E-state index contributed by atoms with van der Waals surface area (Å²) >= 11 is 0. The van der Waals surface area contributed by atoms with Gasteiger partial charge in [0.05, 0.1) is 16.7 Å². The number of carboxylic acids is 2. The highest BCUT2D eigenvalue weighted by Gasteiger charge is 2.19. The standard InChI is InChI=1S/C14H12O8/c1-7(2)13(19)21-6-22-14(20)8-3-4-9(11(15)16)10(5-8)12(17)18/h3-5H,1,6H2,2H3,(H,15,16)(H,17,18). The summed E-state index contributed by atoms with van der Waals surface area (Å²) in [4.78, 5) is 44.6. The normalized spacial score (nSPS) is 9.68. The molecule has 0 unspecified atom stereocenters. The Morgan fingerprint density at radius 3 is 2.14 bits per heavy atom. The molecule has 0 saturated heterocycles. The molecule has 0 aliphatic heterocycles. The highest BCUT2D eigenvalue weighted by Crippen LogP contribution is 2.14. The Balaban J connectivity index is 2.84. The summed E-state index contributed by atoms with van der Waals surface area (Å²) in [5.41, 5.74) is -1.08. The molecule has 116 valence electrons. The van der Waals surface area contributed by atoms with Gasteiger partial charge in [-0.05, 0) is 25.1 Å². The first kappa shape index (κ1) is 16.9. The van der Waals surface area contributed by atoms with Crippen LogP contribution in [0.2, 0.25) is 0 Å². The fourth-order valence-corrected chi connectivity index (χ4v) is 1.38. The van der Waals surface area contributed by atoms with Crippen molar-refractivity contribution in [3.63, 3.8) is 0 Å². The fourth-order valence-electron chi connectivity index (χ4n) is 1.38. The van der Waals surface area contributed by atoms with E-state index in [2.05, 4.69) is 16.1 Å². The third kappa shape index (κ3) is 4.17. The van der Waals surface area contributed by atoms with Crippen LogP contribution in [0.25, 0.3) is 0 Å². The van der Waals surface area contributed by atoms with Gasteiger partial charge in [0.25, 0.3) is 0 Å². The van der Waals surface area contributed by atoms with E-state index in [9.17, 15) is 19.2 Å². The fraction of sp³-hybridized carbons (Fsp3) is 0.143. The first-order valence-corrected chi connectivity index (χ1v) is 5.84. The summed E-state index contributed by atoms with van der Waals surface area (Å²) in [6.45, 7) is 4.07.